The quantitative estimate of drug-likeness (QED) is 0.900. The van der Waals surface area contributed by atoms with Gasteiger partial charge in [-0.2, -0.15) is 0 Å². The highest BCUT2D eigenvalue weighted by atomic mass is 16.5. The number of nitrogens with zero attached hydrogens (tertiary/aromatic N) is 1. The van der Waals surface area contributed by atoms with Gasteiger partial charge in [-0.15, -0.1) is 0 Å². The molecule has 2 rings (SSSR count). The summed E-state index contributed by atoms with van der Waals surface area (Å²) < 4.78 is 4.54. The van der Waals surface area contributed by atoms with Gasteiger partial charge >= 0.3 is 6.09 Å². The van der Waals surface area contributed by atoms with Crippen LogP contribution in [0.25, 0.3) is 0 Å². The lowest BCUT2D eigenvalue weighted by molar-refractivity contribution is 0.187. The first-order chi connectivity index (χ1) is 10.1. The summed E-state index contributed by atoms with van der Waals surface area (Å²) in [4.78, 5) is 13.1. The van der Waals surface area contributed by atoms with Crippen molar-refractivity contribution in [2.24, 2.45) is 0 Å². The molecule has 0 bridgehead atoms. The van der Waals surface area contributed by atoms with Gasteiger partial charge in [0.05, 0.1) is 7.11 Å². The Labute approximate surface area is 124 Å². The predicted molar refractivity (Wildman–Crippen MR) is 86.5 cm³/mol. The predicted octanol–water partition coefficient (Wildman–Crippen LogP) is 3.67. The second kappa shape index (κ2) is 6.65. The molecule has 110 valence electrons. The number of anilines is 4. The summed E-state index contributed by atoms with van der Waals surface area (Å²) in [5.74, 6) is 0. The van der Waals surface area contributed by atoms with E-state index in [1.54, 1.807) is 0 Å². The molecule has 0 radical (unpaired) electrons. The summed E-state index contributed by atoms with van der Waals surface area (Å²) in [5.41, 5.74) is 3.80. The average Bonchev–Trinajstić information content (AvgIpc) is 2.49. The monoisotopic (exact) mass is 285 g/mol. The van der Waals surface area contributed by atoms with Crippen molar-refractivity contribution in [2.75, 3.05) is 36.7 Å². The molecule has 0 unspecified atom stereocenters. The highest BCUT2D eigenvalue weighted by Crippen LogP contribution is 2.21. The van der Waals surface area contributed by atoms with Crippen LogP contribution in [-0.4, -0.2) is 27.3 Å². The molecule has 5 heteroatoms. The first-order valence-electron chi connectivity index (χ1n) is 6.58. The number of amides is 1. The van der Waals surface area contributed by atoms with Crippen molar-refractivity contribution in [2.45, 2.75) is 0 Å². The van der Waals surface area contributed by atoms with Crippen LogP contribution in [0.2, 0.25) is 0 Å². The molecule has 2 N–H and O–H groups in total. The highest BCUT2D eigenvalue weighted by Gasteiger charge is 2.01. The number of nitrogens with one attached hydrogen (secondary N) is 2. The summed E-state index contributed by atoms with van der Waals surface area (Å²) in [6.07, 6.45) is -0.477. The zero-order valence-electron chi connectivity index (χ0n) is 12.4. The Morgan fingerprint density at radius 1 is 0.905 bits per heavy atom. The van der Waals surface area contributed by atoms with Crippen LogP contribution >= 0.6 is 0 Å². The van der Waals surface area contributed by atoms with Crippen molar-refractivity contribution in [3.63, 3.8) is 0 Å². The molecule has 0 saturated heterocycles. The van der Waals surface area contributed by atoms with E-state index >= 15 is 0 Å². The maximum absolute atomic E-state index is 11.1. The first kappa shape index (κ1) is 14.7. The minimum atomic E-state index is -0.477. The van der Waals surface area contributed by atoms with E-state index < -0.39 is 6.09 Å². The molecule has 21 heavy (non-hydrogen) atoms. The molecule has 0 heterocycles. The lowest BCUT2D eigenvalue weighted by Gasteiger charge is -2.13. The summed E-state index contributed by atoms with van der Waals surface area (Å²) in [7, 11) is 5.35. The third-order valence-electron chi connectivity index (χ3n) is 2.99. The van der Waals surface area contributed by atoms with Crippen LogP contribution < -0.4 is 15.5 Å². The Bertz CT molecular complexity index is 592. The summed E-state index contributed by atoms with van der Waals surface area (Å²) in [5, 5.41) is 5.91. The summed E-state index contributed by atoms with van der Waals surface area (Å²) >= 11 is 0. The average molecular weight is 285 g/mol. The van der Waals surface area contributed by atoms with Gasteiger partial charge in [0.15, 0.2) is 0 Å². The zero-order chi connectivity index (χ0) is 15.2. The molecule has 0 atom stereocenters. The van der Waals surface area contributed by atoms with Crippen LogP contribution in [0.1, 0.15) is 0 Å². The Kier molecular flexibility index (Phi) is 4.66. The maximum atomic E-state index is 11.1. The van der Waals surface area contributed by atoms with Crippen LogP contribution in [0, 0.1) is 0 Å². The molecule has 0 aliphatic carbocycles. The van der Waals surface area contributed by atoms with E-state index in [0.717, 1.165) is 17.1 Å². The second-order valence-electron chi connectivity index (χ2n) is 4.76. The molecule has 1 amide bonds. The number of hydrogen-bond acceptors (Lipinski definition) is 4. The number of carbonyl (C=O) groups is 1. The molecule has 2 aromatic rings. The number of methoxy groups -OCH3 is 1. The Morgan fingerprint density at radius 2 is 1.38 bits per heavy atom. The standard InChI is InChI=1S/C16H19N3O2/c1-19(2)15-10-8-13(9-11-15)17-12-4-6-14(7-5-12)18-16(20)21-3/h4-11,17H,1-3H3,(H,18,20). The molecule has 0 spiro atoms. The van der Waals surface area contributed by atoms with Crippen LogP contribution in [0.3, 0.4) is 0 Å². The van der Waals surface area contributed by atoms with E-state index in [9.17, 15) is 4.79 Å². The fraction of sp³-hybridized carbons (Fsp3) is 0.188. The molecule has 0 saturated carbocycles. The van der Waals surface area contributed by atoms with E-state index in [1.807, 2.05) is 50.5 Å². The molecular formula is C16H19N3O2. The van der Waals surface area contributed by atoms with Crippen LogP contribution in [0.4, 0.5) is 27.5 Å². The molecule has 0 aliphatic heterocycles. The van der Waals surface area contributed by atoms with E-state index in [4.69, 9.17) is 0 Å². The number of ether oxygens (including phenoxy) is 1. The lowest BCUT2D eigenvalue weighted by atomic mass is 10.2. The molecular weight excluding hydrogens is 266 g/mol. The van der Waals surface area contributed by atoms with Crippen LogP contribution in [0.15, 0.2) is 48.5 Å². The smallest absolute Gasteiger partial charge is 0.411 e. The first-order valence-corrected chi connectivity index (χ1v) is 6.58. The fourth-order valence-corrected chi connectivity index (χ4v) is 1.82. The minimum absolute atomic E-state index is 0.477. The molecule has 5 nitrogen and oxygen atoms in total. The second-order valence-corrected chi connectivity index (χ2v) is 4.76. The SMILES string of the molecule is COC(=O)Nc1ccc(Nc2ccc(N(C)C)cc2)cc1. The Balaban J connectivity index is 2.01. The number of rotatable bonds is 4. The number of carbonyl (C=O) groups excluding carboxylic acids is 1. The van der Waals surface area contributed by atoms with Crippen molar-refractivity contribution >= 4 is 28.8 Å². The molecule has 2 aromatic carbocycles. The molecule has 0 fully saturated rings. The normalized spacial score (nSPS) is 9.86. The van der Waals surface area contributed by atoms with Gasteiger partial charge in [-0.05, 0) is 48.5 Å². The Morgan fingerprint density at radius 3 is 1.86 bits per heavy atom. The van der Waals surface area contributed by atoms with Crippen molar-refractivity contribution in [1.29, 1.82) is 0 Å². The molecule has 0 aromatic heterocycles. The van der Waals surface area contributed by atoms with Crippen molar-refractivity contribution in [3.05, 3.63) is 48.5 Å². The summed E-state index contributed by atoms with van der Waals surface area (Å²) in [6, 6.07) is 15.6. The van der Waals surface area contributed by atoms with E-state index in [1.165, 1.54) is 7.11 Å². The van der Waals surface area contributed by atoms with Crippen molar-refractivity contribution < 1.29 is 9.53 Å². The minimum Gasteiger partial charge on any atom is -0.453 e. The fourth-order valence-electron chi connectivity index (χ4n) is 1.82. The van der Waals surface area contributed by atoms with Gasteiger partial charge < -0.3 is 15.0 Å². The van der Waals surface area contributed by atoms with E-state index in [2.05, 4.69) is 32.4 Å². The van der Waals surface area contributed by atoms with Gasteiger partial charge in [0.2, 0.25) is 0 Å². The third-order valence-corrected chi connectivity index (χ3v) is 2.99. The Hall–Kier alpha value is -2.69. The van der Waals surface area contributed by atoms with Crippen LogP contribution in [0.5, 0.6) is 0 Å². The van der Waals surface area contributed by atoms with Crippen molar-refractivity contribution in [3.8, 4) is 0 Å². The van der Waals surface area contributed by atoms with E-state index in [0.29, 0.717) is 5.69 Å². The highest BCUT2D eigenvalue weighted by molar-refractivity contribution is 5.84. The number of hydrogen-bond donors (Lipinski definition) is 2. The third kappa shape index (κ3) is 4.14. The summed E-state index contributed by atoms with van der Waals surface area (Å²) in [6.45, 7) is 0. The lowest BCUT2D eigenvalue weighted by Crippen LogP contribution is -2.10. The largest absolute Gasteiger partial charge is 0.453 e. The van der Waals surface area contributed by atoms with Gasteiger partial charge in [0.25, 0.3) is 0 Å². The zero-order valence-corrected chi connectivity index (χ0v) is 12.4. The van der Waals surface area contributed by atoms with E-state index in [-0.39, 0.29) is 0 Å². The van der Waals surface area contributed by atoms with Gasteiger partial charge in [-0.1, -0.05) is 0 Å². The van der Waals surface area contributed by atoms with Gasteiger partial charge in [0.1, 0.15) is 0 Å². The van der Waals surface area contributed by atoms with Gasteiger partial charge in [-0.25, -0.2) is 4.79 Å². The molecule has 0 aliphatic rings. The topological polar surface area (TPSA) is 53.6 Å². The number of benzene rings is 2. The van der Waals surface area contributed by atoms with Crippen LogP contribution in [-0.2, 0) is 4.74 Å². The van der Waals surface area contributed by atoms with Crippen molar-refractivity contribution in [1.82, 2.24) is 0 Å². The van der Waals surface area contributed by atoms with Gasteiger partial charge in [-0.3, -0.25) is 5.32 Å². The van der Waals surface area contributed by atoms with Gasteiger partial charge in [0, 0.05) is 36.8 Å². The maximum Gasteiger partial charge on any atom is 0.411 e.